The first-order valence-corrected chi connectivity index (χ1v) is 6.99. The molecule has 0 spiro atoms. The molecule has 1 aliphatic carbocycles. The molecule has 0 fully saturated rings. The molecule has 2 atom stereocenters. The Morgan fingerprint density at radius 1 is 1.29 bits per heavy atom. The van der Waals surface area contributed by atoms with Gasteiger partial charge in [0.1, 0.15) is 5.82 Å². The quantitative estimate of drug-likeness (QED) is 0.868. The number of carbonyl (C=O) groups excluding carboxylic acids is 1. The third kappa shape index (κ3) is 3.29. The van der Waals surface area contributed by atoms with Gasteiger partial charge in [0.25, 0.3) is 0 Å². The Morgan fingerprint density at radius 2 is 1.95 bits per heavy atom. The zero-order valence-corrected chi connectivity index (χ0v) is 11.8. The second kappa shape index (κ2) is 6.52. The lowest BCUT2D eigenvalue weighted by Gasteiger charge is -2.30. The van der Waals surface area contributed by atoms with Crippen LogP contribution < -0.4 is 4.90 Å². The maximum absolute atomic E-state index is 13.3. The summed E-state index contributed by atoms with van der Waals surface area (Å²) in [6.45, 7) is 2.16. The number of hydrogen-bond donors (Lipinski definition) is 1. The van der Waals surface area contributed by atoms with Crippen LogP contribution in [-0.2, 0) is 9.59 Å². The van der Waals surface area contributed by atoms with E-state index in [1.807, 2.05) is 6.08 Å². The number of halogens is 1. The molecule has 0 aliphatic heterocycles. The Bertz CT molecular complexity index is 570. The second-order valence-electron chi connectivity index (χ2n) is 5.06. The van der Waals surface area contributed by atoms with Gasteiger partial charge in [-0.2, -0.15) is 0 Å². The predicted molar refractivity (Wildman–Crippen MR) is 77.4 cm³/mol. The normalized spacial score (nSPS) is 21.0. The maximum atomic E-state index is 13.3. The second-order valence-corrected chi connectivity index (χ2v) is 5.06. The highest BCUT2D eigenvalue weighted by Crippen LogP contribution is 2.29. The van der Waals surface area contributed by atoms with Crippen LogP contribution in [0, 0.1) is 17.7 Å². The average molecular weight is 291 g/mol. The maximum Gasteiger partial charge on any atom is 0.307 e. The van der Waals surface area contributed by atoms with Gasteiger partial charge in [-0.05, 0) is 38.0 Å². The molecule has 1 aromatic rings. The molecule has 0 heterocycles. The Kier molecular flexibility index (Phi) is 4.73. The molecular formula is C16H18FNO3. The molecule has 112 valence electrons. The predicted octanol–water partition coefficient (Wildman–Crippen LogP) is 2.85. The molecule has 2 rings (SSSR count). The number of anilines is 1. The number of amides is 1. The van der Waals surface area contributed by atoms with Crippen molar-refractivity contribution in [3.8, 4) is 0 Å². The van der Waals surface area contributed by atoms with E-state index in [1.54, 1.807) is 19.1 Å². The molecule has 0 aromatic heterocycles. The average Bonchev–Trinajstić information content (AvgIpc) is 2.48. The van der Waals surface area contributed by atoms with Gasteiger partial charge in [0, 0.05) is 12.2 Å². The van der Waals surface area contributed by atoms with Crippen molar-refractivity contribution < 1.29 is 19.1 Å². The van der Waals surface area contributed by atoms with Crippen LogP contribution in [0.5, 0.6) is 0 Å². The van der Waals surface area contributed by atoms with Crippen molar-refractivity contribution in [2.75, 3.05) is 11.4 Å². The first kappa shape index (κ1) is 15.2. The first-order valence-electron chi connectivity index (χ1n) is 6.99. The summed E-state index contributed by atoms with van der Waals surface area (Å²) in [6, 6.07) is 5.79. The van der Waals surface area contributed by atoms with Crippen molar-refractivity contribution in [3.05, 3.63) is 42.2 Å². The number of allylic oxidation sites excluding steroid dienone is 2. The summed E-state index contributed by atoms with van der Waals surface area (Å²) in [4.78, 5) is 25.4. The van der Waals surface area contributed by atoms with E-state index in [1.165, 1.54) is 23.1 Å². The topological polar surface area (TPSA) is 57.6 Å². The van der Waals surface area contributed by atoms with Gasteiger partial charge >= 0.3 is 5.97 Å². The summed E-state index contributed by atoms with van der Waals surface area (Å²) in [5, 5.41) is 9.26. The number of carbonyl (C=O) groups is 2. The monoisotopic (exact) mass is 291 g/mol. The standard InChI is InChI=1S/C16H18FNO3/c1-2-18(12-7-5-6-11(17)10-12)15(19)13-8-3-4-9-14(13)16(20)21/h3-7,10,13-14H,2,8-9H2,1H3,(H,20,21). The number of rotatable bonds is 4. The van der Waals surface area contributed by atoms with Crippen LogP contribution >= 0.6 is 0 Å². The molecule has 1 aromatic carbocycles. The van der Waals surface area contributed by atoms with Gasteiger partial charge in [-0.15, -0.1) is 0 Å². The minimum Gasteiger partial charge on any atom is -0.481 e. The third-order valence-corrected chi connectivity index (χ3v) is 3.77. The Morgan fingerprint density at radius 3 is 2.52 bits per heavy atom. The molecule has 0 bridgehead atoms. The fourth-order valence-electron chi connectivity index (χ4n) is 2.67. The largest absolute Gasteiger partial charge is 0.481 e. The zero-order chi connectivity index (χ0) is 15.4. The summed E-state index contributed by atoms with van der Waals surface area (Å²) in [5.41, 5.74) is 0.459. The molecular weight excluding hydrogens is 273 g/mol. The lowest BCUT2D eigenvalue weighted by molar-refractivity contribution is -0.146. The molecule has 1 N–H and O–H groups in total. The van der Waals surface area contributed by atoms with Gasteiger partial charge in [0.2, 0.25) is 5.91 Å². The van der Waals surface area contributed by atoms with Crippen molar-refractivity contribution in [1.82, 2.24) is 0 Å². The fraction of sp³-hybridized carbons (Fsp3) is 0.375. The summed E-state index contributed by atoms with van der Waals surface area (Å²) < 4.78 is 13.3. The van der Waals surface area contributed by atoms with Crippen LogP contribution in [0.3, 0.4) is 0 Å². The van der Waals surface area contributed by atoms with E-state index >= 15 is 0 Å². The molecule has 1 aliphatic rings. The third-order valence-electron chi connectivity index (χ3n) is 3.77. The van der Waals surface area contributed by atoms with Gasteiger partial charge in [-0.1, -0.05) is 18.2 Å². The number of benzene rings is 1. The number of aliphatic carboxylic acids is 1. The lowest BCUT2D eigenvalue weighted by Crippen LogP contribution is -2.42. The number of hydrogen-bond acceptors (Lipinski definition) is 2. The van der Waals surface area contributed by atoms with Gasteiger partial charge in [0.15, 0.2) is 0 Å². The Balaban J connectivity index is 2.27. The van der Waals surface area contributed by atoms with Gasteiger partial charge < -0.3 is 10.0 Å². The van der Waals surface area contributed by atoms with Gasteiger partial charge in [-0.3, -0.25) is 9.59 Å². The van der Waals surface area contributed by atoms with Gasteiger partial charge in [0.05, 0.1) is 11.8 Å². The number of carboxylic acids is 1. The highest BCUT2D eigenvalue weighted by molar-refractivity contribution is 5.97. The van der Waals surface area contributed by atoms with Crippen molar-refractivity contribution in [3.63, 3.8) is 0 Å². The summed E-state index contributed by atoms with van der Waals surface area (Å²) in [6.07, 6.45) is 4.39. The summed E-state index contributed by atoms with van der Waals surface area (Å²) in [7, 11) is 0. The van der Waals surface area contributed by atoms with Gasteiger partial charge in [-0.25, -0.2) is 4.39 Å². The number of nitrogens with zero attached hydrogens (tertiary/aromatic N) is 1. The molecule has 5 heteroatoms. The molecule has 4 nitrogen and oxygen atoms in total. The lowest BCUT2D eigenvalue weighted by atomic mass is 9.82. The van der Waals surface area contributed by atoms with Crippen molar-refractivity contribution in [2.24, 2.45) is 11.8 Å². The minimum absolute atomic E-state index is 0.264. The molecule has 2 unspecified atom stereocenters. The van der Waals surface area contributed by atoms with Crippen LogP contribution in [0.2, 0.25) is 0 Å². The minimum atomic E-state index is -0.965. The van der Waals surface area contributed by atoms with Crippen molar-refractivity contribution in [2.45, 2.75) is 19.8 Å². The van der Waals surface area contributed by atoms with E-state index in [0.717, 1.165) is 0 Å². The first-order chi connectivity index (χ1) is 10.0. The van der Waals surface area contributed by atoms with Crippen LogP contribution in [0.15, 0.2) is 36.4 Å². The van der Waals surface area contributed by atoms with E-state index in [0.29, 0.717) is 25.1 Å². The smallest absolute Gasteiger partial charge is 0.307 e. The highest BCUT2D eigenvalue weighted by Gasteiger charge is 2.36. The molecule has 0 saturated heterocycles. The van der Waals surface area contributed by atoms with Crippen LogP contribution in [-0.4, -0.2) is 23.5 Å². The van der Waals surface area contributed by atoms with Crippen molar-refractivity contribution >= 4 is 17.6 Å². The highest BCUT2D eigenvalue weighted by atomic mass is 19.1. The fourth-order valence-corrected chi connectivity index (χ4v) is 2.67. The van der Waals surface area contributed by atoms with Crippen LogP contribution in [0.25, 0.3) is 0 Å². The van der Waals surface area contributed by atoms with E-state index in [4.69, 9.17) is 0 Å². The summed E-state index contributed by atoms with van der Waals surface area (Å²) in [5.74, 6) is -2.97. The number of carboxylic acid groups (broad SMARTS) is 1. The molecule has 0 saturated carbocycles. The van der Waals surface area contributed by atoms with E-state index in [9.17, 15) is 19.1 Å². The molecule has 21 heavy (non-hydrogen) atoms. The van der Waals surface area contributed by atoms with E-state index in [2.05, 4.69) is 0 Å². The van der Waals surface area contributed by atoms with Crippen LogP contribution in [0.4, 0.5) is 10.1 Å². The molecule has 0 radical (unpaired) electrons. The van der Waals surface area contributed by atoms with Crippen LogP contribution in [0.1, 0.15) is 19.8 Å². The SMILES string of the molecule is CCN(C(=O)C1CC=CCC1C(=O)O)c1cccc(F)c1. The zero-order valence-electron chi connectivity index (χ0n) is 11.8. The Hall–Kier alpha value is -2.17. The summed E-state index contributed by atoms with van der Waals surface area (Å²) >= 11 is 0. The van der Waals surface area contributed by atoms with E-state index < -0.39 is 23.6 Å². The molecule has 1 amide bonds. The van der Waals surface area contributed by atoms with E-state index in [-0.39, 0.29) is 5.91 Å². The Labute approximate surface area is 122 Å². The van der Waals surface area contributed by atoms with Crippen molar-refractivity contribution in [1.29, 1.82) is 0 Å².